The highest BCUT2D eigenvalue weighted by molar-refractivity contribution is 7.90. The van der Waals surface area contributed by atoms with E-state index in [9.17, 15) is 22.8 Å². The number of amides is 3. The van der Waals surface area contributed by atoms with E-state index in [1.807, 2.05) is 6.07 Å². The second kappa shape index (κ2) is 13.2. The number of carbonyl (C=O) groups is 3. The third kappa shape index (κ3) is 6.28. The molecule has 4 aliphatic rings. The van der Waals surface area contributed by atoms with E-state index >= 15 is 0 Å². The Labute approximate surface area is 273 Å². The van der Waals surface area contributed by atoms with Crippen molar-refractivity contribution < 1.29 is 22.8 Å². The van der Waals surface area contributed by atoms with Crippen LogP contribution in [0, 0.1) is 17.8 Å². The predicted octanol–water partition coefficient (Wildman–Crippen LogP) is 4.48. The van der Waals surface area contributed by atoms with Crippen LogP contribution in [0.5, 0.6) is 0 Å². The first-order valence-corrected chi connectivity index (χ1v) is 18.8. The Balaban J connectivity index is 1.25. The third-order valence-electron chi connectivity index (χ3n) is 10.8. The number of likely N-dealkylation sites (tertiary alicyclic amines) is 1. The van der Waals surface area contributed by atoms with Gasteiger partial charge in [-0.3, -0.25) is 19.4 Å². The van der Waals surface area contributed by atoms with Gasteiger partial charge in [-0.1, -0.05) is 69.2 Å². The zero-order chi connectivity index (χ0) is 32.6. The lowest BCUT2D eigenvalue weighted by Crippen LogP contribution is -2.61. The van der Waals surface area contributed by atoms with Gasteiger partial charge in [-0.2, -0.15) is 0 Å². The number of nitrogens with one attached hydrogen (secondary N) is 1. The standard InChI is InChI=1S/C36H48N4O5S/c1-25(2)23-40-35(43)39(24-26-13-15-29(16-14-26)46(3,44)45)34(42)36(40)17-19-38(20-18-36)32(33(41)28-11-7-8-12-28)31-22-37-21-30(31)27-9-5-4-6-10-27/h4-6,9-10,13-16,25,28,30-32,37H,7-8,11-12,17-24H2,1-3H3/t30-,31-,32?/m1/s1. The maximum Gasteiger partial charge on any atom is 0.327 e. The molecular formula is C36H48N4O5S. The molecule has 1 aliphatic carbocycles. The molecule has 1 spiro atoms. The summed E-state index contributed by atoms with van der Waals surface area (Å²) in [5.41, 5.74) is 1.02. The highest BCUT2D eigenvalue weighted by Gasteiger charge is 2.59. The number of benzene rings is 2. The van der Waals surface area contributed by atoms with Crippen molar-refractivity contribution in [2.75, 3.05) is 39.0 Å². The maximum atomic E-state index is 14.3. The van der Waals surface area contributed by atoms with Crippen molar-refractivity contribution in [1.82, 2.24) is 20.0 Å². The number of piperidine rings is 1. The Hall–Kier alpha value is -3.08. The van der Waals surface area contributed by atoms with Gasteiger partial charge in [0.1, 0.15) is 5.54 Å². The van der Waals surface area contributed by atoms with Crippen molar-refractivity contribution in [2.24, 2.45) is 17.8 Å². The topological polar surface area (TPSA) is 107 Å². The molecule has 248 valence electrons. The smallest absolute Gasteiger partial charge is 0.316 e. The monoisotopic (exact) mass is 648 g/mol. The molecule has 10 heteroatoms. The van der Waals surface area contributed by atoms with Gasteiger partial charge in [0.2, 0.25) is 0 Å². The highest BCUT2D eigenvalue weighted by atomic mass is 32.2. The van der Waals surface area contributed by atoms with Crippen LogP contribution in [0.15, 0.2) is 59.5 Å². The van der Waals surface area contributed by atoms with Gasteiger partial charge in [0.25, 0.3) is 5.91 Å². The molecule has 3 aliphatic heterocycles. The fourth-order valence-corrected chi connectivity index (χ4v) is 9.06. The van der Waals surface area contributed by atoms with E-state index in [1.54, 1.807) is 17.0 Å². The van der Waals surface area contributed by atoms with Gasteiger partial charge in [-0.25, -0.2) is 13.2 Å². The second-order valence-corrected chi connectivity index (χ2v) is 16.3. The van der Waals surface area contributed by atoms with E-state index in [1.165, 1.54) is 22.6 Å². The number of imide groups is 1. The molecule has 1 saturated carbocycles. The minimum Gasteiger partial charge on any atom is -0.316 e. The fraction of sp³-hybridized carbons (Fsp3) is 0.583. The number of ketones is 1. The van der Waals surface area contributed by atoms with Crippen LogP contribution < -0.4 is 5.32 Å². The van der Waals surface area contributed by atoms with Crippen molar-refractivity contribution in [2.45, 2.75) is 81.3 Å². The molecule has 3 saturated heterocycles. The number of hydrogen-bond donors (Lipinski definition) is 1. The lowest BCUT2D eigenvalue weighted by atomic mass is 9.77. The first-order valence-electron chi connectivity index (χ1n) is 17.0. The van der Waals surface area contributed by atoms with Crippen LogP contribution in [-0.4, -0.2) is 91.4 Å². The summed E-state index contributed by atoms with van der Waals surface area (Å²) >= 11 is 0. The minimum absolute atomic E-state index is 0.0922. The average Bonchev–Trinajstić information content (AvgIpc) is 3.79. The lowest BCUT2D eigenvalue weighted by molar-refractivity contribution is -0.138. The molecule has 0 bridgehead atoms. The van der Waals surface area contributed by atoms with Gasteiger partial charge in [-0.05, 0) is 54.9 Å². The summed E-state index contributed by atoms with van der Waals surface area (Å²) in [6.07, 6.45) is 6.25. The molecule has 3 amide bonds. The predicted molar refractivity (Wildman–Crippen MR) is 177 cm³/mol. The molecule has 4 fully saturated rings. The van der Waals surface area contributed by atoms with E-state index in [0.717, 1.165) is 45.0 Å². The summed E-state index contributed by atoms with van der Waals surface area (Å²) in [7, 11) is -3.35. The summed E-state index contributed by atoms with van der Waals surface area (Å²) in [4.78, 5) is 48.3. The van der Waals surface area contributed by atoms with Gasteiger partial charge in [-0.15, -0.1) is 0 Å². The molecular weight excluding hydrogens is 600 g/mol. The summed E-state index contributed by atoms with van der Waals surface area (Å²) in [5.74, 6) is 0.819. The van der Waals surface area contributed by atoms with Crippen LogP contribution in [0.2, 0.25) is 0 Å². The third-order valence-corrected chi connectivity index (χ3v) is 12.0. The van der Waals surface area contributed by atoms with Crippen LogP contribution in [0.1, 0.15) is 69.4 Å². The van der Waals surface area contributed by atoms with E-state index in [0.29, 0.717) is 43.8 Å². The van der Waals surface area contributed by atoms with E-state index < -0.39 is 15.4 Å². The maximum absolute atomic E-state index is 14.3. The number of carbonyl (C=O) groups excluding carboxylic acids is 3. The molecule has 2 aromatic rings. The van der Waals surface area contributed by atoms with Crippen molar-refractivity contribution in [3.8, 4) is 0 Å². The number of Topliss-reactive ketones (excluding diaryl/α,β-unsaturated/α-hetero) is 1. The molecule has 6 rings (SSSR count). The number of hydrogen-bond acceptors (Lipinski definition) is 7. The van der Waals surface area contributed by atoms with Gasteiger partial charge in [0.15, 0.2) is 15.6 Å². The zero-order valence-corrected chi connectivity index (χ0v) is 28.2. The van der Waals surface area contributed by atoms with E-state index in [4.69, 9.17) is 0 Å². The molecule has 3 atom stereocenters. The van der Waals surface area contributed by atoms with Crippen LogP contribution in [0.3, 0.4) is 0 Å². The Morgan fingerprint density at radius 3 is 2.22 bits per heavy atom. The van der Waals surface area contributed by atoms with Crippen LogP contribution >= 0.6 is 0 Å². The first kappa shape index (κ1) is 32.8. The Kier molecular flexibility index (Phi) is 9.43. The Morgan fingerprint density at radius 2 is 1.61 bits per heavy atom. The summed E-state index contributed by atoms with van der Waals surface area (Å²) in [5, 5.41) is 3.59. The van der Waals surface area contributed by atoms with Crippen molar-refractivity contribution in [1.29, 1.82) is 0 Å². The van der Waals surface area contributed by atoms with Crippen LogP contribution in [0.25, 0.3) is 0 Å². The lowest BCUT2D eigenvalue weighted by Gasteiger charge is -2.46. The zero-order valence-electron chi connectivity index (χ0n) is 27.4. The SMILES string of the molecule is CC(C)CN1C(=O)N(Cc2ccc(S(C)(=O)=O)cc2)C(=O)C12CCN(C(C(=O)C1CCCC1)[C@@H]1CNC[C@@H]1c1ccccc1)CC2. The molecule has 1 unspecified atom stereocenters. The molecule has 0 aromatic heterocycles. The van der Waals surface area contributed by atoms with Crippen molar-refractivity contribution in [3.63, 3.8) is 0 Å². The molecule has 46 heavy (non-hydrogen) atoms. The van der Waals surface area contributed by atoms with E-state index in [2.05, 4.69) is 48.3 Å². The van der Waals surface area contributed by atoms with Gasteiger partial charge in [0.05, 0.1) is 17.5 Å². The molecule has 2 aromatic carbocycles. The fourth-order valence-electron chi connectivity index (χ4n) is 8.43. The van der Waals surface area contributed by atoms with Crippen molar-refractivity contribution >= 4 is 27.6 Å². The molecule has 1 N–H and O–H groups in total. The summed E-state index contributed by atoms with van der Waals surface area (Å²) in [6, 6.07) is 16.4. The normalized spacial score (nSPS) is 24.9. The largest absolute Gasteiger partial charge is 0.327 e. The van der Waals surface area contributed by atoms with Crippen LogP contribution in [0.4, 0.5) is 4.79 Å². The molecule has 9 nitrogen and oxygen atoms in total. The summed E-state index contributed by atoms with van der Waals surface area (Å²) < 4.78 is 23.9. The highest BCUT2D eigenvalue weighted by Crippen LogP contribution is 2.42. The summed E-state index contributed by atoms with van der Waals surface area (Å²) in [6.45, 7) is 7.46. The van der Waals surface area contributed by atoms with E-state index in [-0.39, 0.29) is 53.1 Å². The molecule has 0 radical (unpaired) electrons. The van der Waals surface area contributed by atoms with Crippen molar-refractivity contribution in [3.05, 3.63) is 65.7 Å². The van der Waals surface area contributed by atoms with Gasteiger partial charge in [0, 0.05) is 56.7 Å². The van der Waals surface area contributed by atoms with Crippen LogP contribution in [-0.2, 0) is 26.0 Å². The van der Waals surface area contributed by atoms with Gasteiger partial charge >= 0.3 is 6.03 Å². The second-order valence-electron chi connectivity index (χ2n) is 14.3. The quantitative estimate of drug-likeness (QED) is 0.379. The first-order chi connectivity index (χ1) is 22.0. The average molecular weight is 649 g/mol. The Bertz CT molecular complexity index is 1530. The minimum atomic E-state index is -3.35. The molecule has 3 heterocycles. The van der Waals surface area contributed by atoms with Gasteiger partial charge < -0.3 is 10.2 Å². The number of rotatable bonds is 10. The number of urea groups is 1. The number of sulfone groups is 1. The number of nitrogens with zero attached hydrogens (tertiary/aromatic N) is 3. The Morgan fingerprint density at radius 1 is 0.957 bits per heavy atom.